The second kappa shape index (κ2) is 1.31. The van der Waals surface area contributed by atoms with Gasteiger partial charge in [0.2, 0.25) is 0 Å². The van der Waals surface area contributed by atoms with E-state index in [2.05, 4.69) is 0 Å². The molecule has 0 unspecified atom stereocenters. The van der Waals surface area contributed by atoms with Crippen molar-refractivity contribution in [2.45, 2.75) is 25.7 Å². The molecule has 3 aliphatic rings. The van der Waals surface area contributed by atoms with E-state index in [1.54, 1.807) is 0 Å². The lowest BCUT2D eigenvalue weighted by atomic mass is 9.43. The molecule has 0 aromatic carbocycles. The van der Waals surface area contributed by atoms with Gasteiger partial charge in [-0.2, -0.15) is 0 Å². The maximum Gasteiger partial charge on any atom is 0.303 e. The van der Waals surface area contributed by atoms with Crippen LogP contribution < -0.4 is 0 Å². The van der Waals surface area contributed by atoms with Gasteiger partial charge in [0.15, 0.2) is 0 Å². The van der Waals surface area contributed by atoms with Gasteiger partial charge in [0.05, 0.1) is 6.42 Å². The van der Waals surface area contributed by atoms with Gasteiger partial charge in [0.25, 0.3) is 0 Å². The molecule has 2 nitrogen and oxygen atoms in total. The lowest BCUT2D eigenvalue weighted by molar-refractivity contribution is -0.158. The standard InChI is InChI=1S/C7H10O2/c8-6(9)4-7-1-5(2-7)3-7/h5H,1-4H2,(H,8,9). The van der Waals surface area contributed by atoms with E-state index in [-0.39, 0.29) is 5.41 Å². The van der Waals surface area contributed by atoms with Gasteiger partial charge in [-0.3, -0.25) is 4.79 Å². The summed E-state index contributed by atoms with van der Waals surface area (Å²) in [6, 6.07) is 0. The predicted molar refractivity (Wildman–Crippen MR) is 32.0 cm³/mol. The van der Waals surface area contributed by atoms with E-state index in [9.17, 15) is 4.79 Å². The number of aliphatic carboxylic acids is 1. The first-order chi connectivity index (χ1) is 4.20. The van der Waals surface area contributed by atoms with E-state index in [1.807, 2.05) is 0 Å². The fourth-order valence-corrected chi connectivity index (χ4v) is 2.20. The van der Waals surface area contributed by atoms with E-state index in [0.717, 1.165) is 5.92 Å². The summed E-state index contributed by atoms with van der Waals surface area (Å²) < 4.78 is 0. The summed E-state index contributed by atoms with van der Waals surface area (Å²) in [6.07, 6.45) is 4.00. The average Bonchev–Trinajstić information content (AvgIpc) is 1.50. The quantitative estimate of drug-likeness (QED) is 0.604. The second-order valence-electron chi connectivity index (χ2n) is 3.55. The minimum absolute atomic E-state index is 0.288. The van der Waals surface area contributed by atoms with Crippen LogP contribution in [0, 0.1) is 11.3 Å². The largest absolute Gasteiger partial charge is 0.481 e. The van der Waals surface area contributed by atoms with Crippen LogP contribution in [0.2, 0.25) is 0 Å². The van der Waals surface area contributed by atoms with Crippen LogP contribution in [-0.4, -0.2) is 11.1 Å². The fraction of sp³-hybridized carbons (Fsp3) is 0.857. The van der Waals surface area contributed by atoms with Crippen molar-refractivity contribution in [1.82, 2.24) is 0 Å². The number of carboxylic acid groups (broad SMARTS) is 1. The molecule has 3 fully saturated rings. The molecular formula is C7H10O2. The minimum Gasteiger partial charge on any atom is -0.481 e. The molecule has 3 saturated carbocycles. The van der Waals surface area contributed by atoms with Crippen molar-refractivity contribution in [2.24, 2.45) is 11.3 Å². The Labute approximate surface area is 53.9 Å². The van der Waals surface area contributed by atoms with Gasteiger partial charge in [-0.05, 0) is 30.6 Å². The zero-order valence-corrected chi connectivity index (χ0v) is 5.26. The van der Waals surface area contributed by atoms with Crippen molar-refractivity contribution < 1.29 is 9.90 Å². The van der Waals surface area contributed by atoms with Crippen molar-refractivity contribution in [3.8, 4) is 0 Å². The molecule has 0 heterocycles. The third-order valence-electron chi connectivity index (χ3n) is 2.69. The molecule has 0 radical (unpaired) electrons. The molecule has 0 saturated heterocycles. The number of carboxylic acids is 1. The zero-order chi connectivity index (χ0) is 6.48. The van der Waals surface area contributed by atoms with Gasteiger partial charge >= 0.3 is 5.97 Å². The molecule has 0 aromatic rings. The van der Waals surface area contributed by atoms with Crippen LogP contribution >= 0.6 is 0 Å². The summed E-state index contributed by atoms with van der Waals surface area (Å²) in [6.45, 7) is 0. The number of carbonyl (C=O) groups is 1. The monoisotopic (exact) mass is 126 g/mol. The first-order valence-corrected chi connectivity index (χ1v) is 3.42. The van der Waals surface area contributed by atoms with Gasteiger partial charge in [-0.25, -0.2) is 0 Å². The molecule has 0 atom stereocenters. The molecule has 0 amide bonds. The lowest BCUT2D eigenvalue weighted by Gasteiger charge is -2.61. The van der Waals surface area contributed by atoms with Crippen LogP contribution in [0.4, 0.5) is 0 Å². The van der Waals surface area contributed by atoms with E-state index in [0.29, 0.717) is 6.42 Å². The van der Waals surface area contributed by atoms with Crippen molar-refractivity contribution in [3.63, 3.8) is 0 Å². The number of hydrogen-bond donors (Lipinski definition) is 1. The number of rotatable bonds is 2. The summed E-state index contributed by atoms with van der Waals surface area (Å²) in [7, 11) is 0. The van der Waals surface area contributed by atoms with E-state index in [1.165, 1.54) is 19.3 Å². The van der Waals surface area contributed by atoms with Gasteiger partial charge in [0, 0.05) is 0 Å². The molecule has 50 valence electrons. The highest BCUT2D eigenvalue weighted by molar-refractivity contribution is 5.68. The maximum absolute atomic E-state index is 10.2. The van der Waals surface area contributed by atoms with E-state index >= 15 is 0 Å². The molecule has 0 spiro atoms. The Morgan fingerprint density at radius 3 is 2.22 bits per heavy atom. The second-order valence-corrected chi connectivity index (χ2v) is 3.55. The van der Waals surface area contributed by atoms with Crippen LogP contribution in [0.1, 0.15) is 25.7 Å². The van der Waals surface area contributed by atoms with Crippen molar-refractivity contribution in [2.75, 3.05) is 0 Å². The smallest absolute Gasteiger partial charge is 0.303 e. The fourth-order valence-electron chi connectivity index (χ4n) is 2.20. The number of hydrogen-bond acceptors (Lipinski definition) is 1. The van der Waals surface area contributed by atoms with Gasteiger partial charge in [0.1, 0.15) is 0 Å². The molecular weight excluding hydrogens is 116 g/mol. The van der Waals surface area contributed by atoms with Gasteiger partial charge in [-0.1, -0.05) is 0 Å². The molecule has 3 rings (SSSR count). The Kier molecular flexibility index (Phi) is 0.765. The first kappa shape index (κ1) is 5.27. The van der Waals surface area contributed by atoms with E-state index in [4.69, 9.17) is 5.11 Å². The molecule has 1 N–H and O–H groups in total. The first-order valence-electron chi connectivity index (χ1n) is 3.42. The third kappa shape index (κ3) is 0.590. The van der Waals surface area contributed by atoms with Crippen LogP contribution in [0.5, 0.6) is 0 Å². The Bertz CT molecular complexity index is 145. The average molecular weight is 126 g/mol. The predicted octanol–water partition coefficient (Wildman–Crippen LogP) is 1.26. The Balaban J connectivity index is 1.92. The lowest BCUT2D eigenvalue weighted by Crippen LogP contribution is -2.52. The SMILES string of the molecule is O=C(O)CC12CC(C1)C2. The summed E-state index contributed by atoms with van der Waals surface area (Å²) >= 11 is 0. The molecule has 0 aromatic heterocycles. The molecule has 2 heteroatoms. The minimum atomic E-state index is -0.617. The summed E-state index contributed by atoms with van der Waals surface area (Å²) in [5, 5.41) is 8.44. The summed E-state index contributed by atoms with van der Waals surface area (Å²) in [4.78, 5) is 10.2. The van der Waals surface area contributed by atoms with Crippen molar-refractivity contribution in [1.29, 1.82) is 0 Å². The highest BCUT2D eigenvalue weighted by Crippen LogP contribution is 2.66. The molecule has 3 aliphatic carbocycles. The highest BCUT2D eigenvalue weighted by Gasteiger charge is 2.57. The van der Waals surface area contributed by atoms with Crippen LogP contribution in [0.25, 0.3) is 0 Å². The van der Waals surface area contributed by atoms with Gasteiger partial charge in [-0.15, -0.1) is 0 Å². The summed E-state index contributed by atoms with van der Waals surface area (Å²) in [5.74, 6) is 0.289. The Hall–Kier alpha value is -0.530. The normalized spacial score (nSPS) is 45.1. The van der Waals surface area contributed by atoms with Crippen LogP contribution in [-0.2, 0) is 4.79 Å². The Morgan fingerprint density at radius 2 is 2.11 bits per heavy atom. The third-order valence-corrected chi connectivity index (χ3v) is 2.69. The molecule has 2 bridgehead atoms. The van der Waals surface area contributed by atoms with Gasteiger partial charge < -0.3 is 5.11 Å². The van der Waals surface area contributed by atoms with E-state index < -0.39 is 5.97 Å². The van der Waals surface area contributed by atoms with Crippen LogP contribution in [0.15, 0.2) is 0 Å². The van der Waals surface area contributed by atoms with Crippen LogP contribution in [0.3, 0.4) is 0 Å². The Morgan fingerprint density at radius 1 is 1.56 bits per heavy atom. The summed E-state index contributed by atoms with van der Waals surface area (Å²) in [5.41, 5.74) is 0.288. The maximum atomic E-state index is 10.2. The highest BCUT2D eigenvalue weighted by atomic mass is 16.4. The molecule has 9 heavy (non-hydrogen) atoms. The van der Waals surface area contributed by atoms with Crippen molar-refractivity contribution in [3.05, 3.63) is 0 Å². The zero-order valence-electron chi connectivity index (χ0n) is 5.26. The van der Waals surface area contributed by atoms with Crippen molar-refractivity contribution >= 4 is 5.97 Å². The molecule has 0 aliphatic heterocycles. The topological polar surface area (TPSA) is 37.3 Å².